The number of carbonyl (C=O) groups excluding carboxylic acids is 1. The van der Waals surface area contributed by atoms with Gasteiger partial charge in [0.1, 0.15) is 6.07 Å². The van der Waals surface area contributed by atoms with Crippen LogP contribution in [0.3, 0.4) is 0 Å². The highest BCUT2D eigenvalue weighted by molar-refractivity contribution is 6.06. The Balaban J connectivity index is 2.45. The van der Waals surface area contributed by atoms with Crippen LogP contribution in [0.2, 0.25) is 0 Å². The van der Waals surface area contributed by atoms with Crippen LogP contribution in [0.15, 0.2) is 48.0 Å². The van der Waals surface area contributed by atoms with E-state index in [0.29, 0.717) is 0 Å². The maximum atomic E-state index is 12.2. The molecule has 0 aromatic heterocycles. The minimum Gasteiger partial charge on any atom is -0.293 e. The number of hydrogen-bond acceptors (Lipinski definition) is 2. The Kier molecular flexibility index (Phi) is 3.72. The number of carbonyl (C=O) groups is 1. The Morgan fingerprint density at radius 2 is 1.75 bits per heavy atom. The van der Waals surface area contributed by atoms with E-state index in [9.17, 15) is 10.1 Å². The number of hydrogen-bond donors (Lipinski definition) is 0. The topological polar surface area (TPSA) is 40.9 Å². The third-order valence-corrected chi connectivity index (χ3v) is 3.13. The Hall–Kier alpha value is -2.40. The molecule has 0 aliphatic heterocycles. The van der Waals surface area contributed by atoms with Gasteiger partial charge in [0.2, 0.25) is 0 Å². The number of allylic oxidation sites excluding steroid dienone is 1. The molecular weight excluding hydrogens is 246 g/mol. The third-order valence-electron chi connectivity index (χ3n) is 3.13. The highest BCUT2D eigenvalue weighted by Crippen LogP contribution is 2.22. The SMILES string of the molecule is CC(C)(C)C(=O)/C(C#N)=C/c1ccc2ccccc2c1. The summed E-state index contributed by atoms with van der Waals surface area (Å²) >= 11 is 0. The number of nitrogens with zero attached hydrogens (tertiary/aromatic N) is 1. The molecule has 0 radical (unpaired) electrons. The van der Waals surface area contributed by atoms with Crippen molar-refractivity contribution in [2.75, 3.05) is 0 Å². The maximum Gasteiger partial charge on any atom is 0.178 e. The van der Waals surface area contributed by atoms with Crippen molar-refractivity contribution in [1.82, 2.24) is 0 Å². The fourth-order valence-corrected chi connectivity index (χ4v) is 2.02. The first-order chi connectivity index (χ1) is 9.41. The van der Waals surface area contributed by atoms with Crippen LogP contribution in [0.25, 0.3) is 16.8 Å². The van der Waals surface area contributed by atoms with Gasteiger partial charge in [0.25, 0.3) is 0 Å². The first-order valence-corrected chi connectivity index (χ1v) is 6.57. The maximum absolute atomic E-state index is 12.2. The summed E-state index contributed by atoms with van der Waals surface area (Å²) in [6.45, 7) is 5.46. The smallest absolute Gasteiger partial charge is 0.178 e. The van der Waals surface area contributed by atoms with Crippen LogP contribution in [0.5, 0.6) is 0 Å². The van der Waals surface area contributed by atoms with E-state index in [1.54, 1.807) is 6.08 Å². The molecule has 0 aliphatic rings. The molecule has 2 nitrogen and oxygen atoms in total. The molecule has 0 unspecified atom stereocenters. The van der Waals surface area contributed by atoms with E-state index in [2.05, 4.69) is 0 Å². The van der Waals surface area contributed by atoms with Crippen LogP contribution in [0.1, 0.15) is 26.3 Å². The van der Waals surface area contributed by atoms with Gasteiger partial charge in [-0.05, 0) is 28.5 Å². The monoisotopic (exact) mass is 263 g/mol. The lowest BCUT2D eigenvalue weighted by Gasteiger charge is -2.15. The van der Waals surface area contributed by atoms with E-state index in [1.165, 1.54) is 0 Å². The van der Waals surface area contributed by atoms with Gasteiger partial charge in [-0.2, -0.15) is 5.26 Å². The molecule has 0 fully saturated rings. The van der Waals surface area contributed by atoms with Gasteiger partial charge in [0, 0.05) is 5.41 Å². The van der Waals surface area contributed by atoms with Crippen molar-refractivity contribution in [3.63, 3.8) is 0 Å². The lowest BCUT2D eigenvalue weighted by molar-refractivity contribution is -0.121. The third kappa shape index (κ3) is 2.95. The standard InChI is InChI=1S/C18H17NO/c1-18(2,3)17(20)16(12-19)11-13-8-9-14-6-4-5-7-15(14)10-13/h4-11H,1-3H3/b16-11+. The molecule has 2 rings (SSSR count). The minimum atomic E-state index is -0.543. The van der Waals surface area contributed by atoms with Gasteiger partial charge in [-0.15, -0.1) is 0 Å². The van der Waals surface area contributed by atoms with Crippen molar-refractivity contribution in [3.8, 4) is 6.07 Å². The van der Waals surface area contributed by atoms with Gasteiger partial charge in [-0.1, -0.05) is 57.2 Å². The average Bonchev–Trinajstić information content (AvgIpc) is 2.43. The van der Waals surface area contributed by atoms with Crippen molar-refractivity contribution >= 4 is 22.6 Å². The summed E-state index contributed by atoms with van der Waals surface area (Å²) in [4.78, 5) is 12.2. The van der Waals surface area contributed by atoms with Gasteiger partial charge in [0.05, 0.1) is 5.57 Å². The number of benzene rings is 2. The molecule has 0 aliphatic carbocycles. The van der Waals surface area contributed by atoms with Crippen LogP contribution in [0.4, 0.5) is 0 Å². The predicted octanol–water partition coefficient (Wildman–Crippen LogP) is 4.36. The first-order valence-electron chi connectivity index (χ1n) is 6.57. The summed E-state index contributed by atoms with van der Waals surface area (Å²) in [6, 6.07) is 15.9. The molecular formula is C18H17NO. The molecule has 0 spiro atoms. The molecule has 100 valence electrons. The molecule has 0 saturated heterocycles. The van der Waals surface area contributed by atoms with E-state index < -0.39 is 5.41 Å². The molecule has 2 heteroatoms. The fraction of sp³-hybridized carbons (Fsp3) is 0.222. The molecule has 0 atom stereocenters. The number of fused-ring (bicyclic) bond motifs is 1. The molecule has 0 N–H and O–H groups in total. The summed E-state index contributed by atoms with van der Waals surface area (Å²) in [5.41, 5.74) is 0.531. The summed E-state index contributed by atoms with van der Waals surface area (Å²) in [5.74, 6) is -0.131. The van der Waals surface area contributed by atoms with Gasteiger partial charge >= 0.3 is 0 Å². The fourth-order valence-electron chi connectivity index (χ4n) is 2.02. The Labute approximate surface area is 119 Å². The largest absolute Gasteiger partial charge is 0.293 e. The molecule has 0 saturated carbocycles. The number of nitriles is 1. The number of Topliss-reactive ketones (excluding diaryl/α,β-unsaturated/α-hetero) is 1. The van der Waals surface area contributed by atoms with Crippen molar-refractivity contribution in [1.29, 1.82) is 5.26 Å². The van der Waals surface area contributed by atoms with Crippen LogP contribution >= 0.6 is 0 Å². The van der Waals surface area contributed by atoms with Crippen LogP contribution < -0.4 is 0 Å². The van der Waals surface area contributed by atoms with Crippen molar-refractivity contribution in [2.45, 2.75) is 20.8 Å². The molecule has 0 bridgehead atoms. The summed E-state index contributed by atoms with van der Waals surface area (Å²) in [6.07, 6.45) is 1.67. The lowest BCUT2D eigenvalue weighted by Crippen LogP contribution is -2.21. The second-order valence-corrected chi connectivity index (χ2v) is 5.86. The molecule has 0 amide bonds. The zero-order valence-electron chi connectivity index (χ0n) is 12.0. The van der Waals surface area contributed by atoms with Gasteiger partial charge in [-0.25, -0.2) is 0 Å². The van der Waals surface area contributed by atoms with Crippen molar-refractivity contribution in [2.24, 2.45) is 5.41 Å². The normalized spacial score (nSPS) is 12.2. The predicted molar refractivity (Wildman–Crippen MR) is 82.0 cm³/mol. The second-order valence-electron chi connectivity index (χ2n) is 5.86. The Bertz CT molecular complexity index is 727. The van der Waals surface area contributed by atoms with E-state index in [4.69, 9.17) is 0 Å². The second kappa shape index (κ2) is 5.30. The van der Waals surface area contributed by atoms with Gasteiger partial charge in [-0.3, -0.25) is 4.79 Å². The first kappa shape index (κ1) is 14.0. The zero-order chi connectivity index (χ0) is 14.8. The van der Waals surface area contributed by atoms with E-state index >= 15 is 0 Å². The van der Waals surface area contributed by atoms with Crippen LogP contribution in [-0.4, -0.2) is 5.78 Å². The van der Waals surface area contributed by atoms with Crippen LogP contribution in [-0.2, 0) is 4.79 Å². The molecule has 0 heterocycles. The lowest BCUT2D eigenvalue weighted by atomic mass is 9.86. The van der Waals surface area contributed by atoms with Crippen molar-refractivity contribution < 1.29 is 4.79 Å². The van der Waals surface area contributed by atoms with Gasteiger partial charge < -0.3 is 0 Å². The average molecular weight is 263 g/mol. The van der Waals surface area contributed by atoms with E-state index in [-0.39, 0.29) is 11.4 Å². The Morgan fingerprint density at radius 1 is 1.10 bits per heavy atom. The minimum absolute atomic E-state index is 0.131. The summed E-state index contributed by atoms with van der Waals surface area (Å²) < 4.78 is 0. The number of rotatable bonds is 2. The highest BCUT2D eigenvalue weighted by Gasteiger charge is 2.24. The van der Waals surface area contributed by atoms with Gasteiger partial charge in [0.15, 0.2) is 5.78 Å². The Morgan fingerprint density at radius 3 is 2.35 bits per heavy atom. The highest BCUT2D eigenvalue weighted by atomic mass is 16.1. The quantitative estimate of drug-likeness (QED) is 0.596. The summed E-state index contributed by atoms with van der Waals surface area (Å²) in [5, 5.41) is 11.4. The van der Waals surface area contributed by atoms with E-state index in [1.807, 2.05) is 69.3 Å². The summed E-state index contributed by atoms with van der Waals surface area (Å²) in [7, 11) is 0. The van der Waals surface area contributed by atoms with Crippen LogP contribution in [0, 0.1) is 16.7 Å². The molecule has 2 aromatic carbocycles. The number of ketones is 1. The van der Waals surface area contributed by atoms with E-state index in [0.717, 1.165) is 16.3 Å². The zero-order valence-corrected chi connectivity index (χ0v) is 12.0. The molecule has 20 heavy (non-hydrogen) atoms. The molecule has 2 aromatic rings. The van der Waals surface area contributed by atoms with Crippen molar-refractivity contribution in [3.05, 3.63) is 53.6 Å².